The molecule has 4 aliphatic rings. The minimum atomic E-state index is -1.40. The third-order valence-electron chi connectivity index (χ3n) is 8.18. The minimum Gasteiger partial charge on any atom is -0.382 e. The molecular formula is C21H26O5. The van der Waals surface area contributed by atoms with Gasteiger partial charge < -0.3 is 10.2 Å². The Morgan fingerprint density at radius 2 is 1.81 bits per heavy atom. The Balaban J connectivity index is 1.81. The first kappa shape index (κ1) is 17.8. The van der Waals surface area contributed by atoms with Crippen molar-refractivity contribution in [3.05, 3.63) is 23.8 Å². The third-order valence-corrected chi connectivity index (χ3v) is 8.18. The van der Waals surface area contributed by atoms with Crippen LogP contribution >= 0.6 is 0 Å². The standard InChI is InChI=1S/C21H26O5/c1-11(22)21(26)9-6-14-16-13(5-8-20(14,21)3)19(2)7-4-12(23)10-15(19)17(24)18(16)25/h4,7,10,13-14,16-17,24,26H,5-6,8-9H2,1-3H3/t13-,14-,16+,17?,19+,20-,21-/m0/s1. The van der Waals surface area contributed by atoms with Crippen LogP contribution in [0.4, 0.5) is 0 Å². The number of fused-ring (bicyclic) bond motifs is 5. The lowest BCUT2D eigenvalue weighted by atomic mass is 9.46. The van der Waals surface area contributed by atoms with Gasteiger partial charge in [0.1, 0.15) is 11.7 Å². The number of hydrogen-bond donors (Lipinski definition) is 2. The Kier molecular flexibility index (Phi) is 3.58. The predicted molar refractivity (Wildman–Crippen MR) is 94.0 cm³/mol. The van der Waals surface area contributed by atoms with E-state index in [9.17, 15) is 24.6 Å². The molecule has 0 aromatic heterocycles. The van der Waals surface area contributed by atoms with Gasteiger partial charge in [0.15, 0.2) is 17.3 Å². The van der Waals surface area contributed by atoms with Crippen LogP contribution in [0.2, 0.25) is 0 Å². The normalized spacial score (nSPS) is 50.0. The molecule has 3 fully saturated rings. The van der Waals surface area contributed by atoms with E-state index in [0.717, 1.165) is 0 Å². The van der Waals surface area contributed by atoms with Gasteiger partial charge in [-0.2, -0.15) is 0 Å². The molecular weight excluding hydrogens is 332 g/mol. The molecule has 0 spiro atoms. The molecule has 7 atom stereocenters. The maximum Gasteiger partial charge on any atom is 0.178 e. The summed E-state index contributed by atoms with van der Waals surface area (Å²) in [4.78, 5) is 37.2. The first-order valence-electron chi connectivity index (χ1n) is 9.47. The van der Waals surface area contributed by atoms with Gasteiger partial charge in [-0.1, -0.05) is 19.9 Å². The van der Waals surface area contributed by atoms with E-state index in [2.05, 4.69) is 0 Å². The van der Waals surface area contributed by atoms with E-state index < -0.39 is 28.5 Å². The van der Waals surface area contributed by atoms with Crippen LogP contribution in [0, 0.1) is 28.6 Å². The fourth-order valence-electron chi connectivity index (χ4n) is 6.56. The van der Waals surface area contributed by atoms with E-state index in [1.807, 2.05) is 19.9 Å². The molecule has 3 saturated carbocycles. The Hall–Kier alpha value is -1.59. The maximum absolute atomic E-state index is 13.1. The van der Waals surface area contributed by atoms with Crippen molar-refractivity contribution in [1.82, 2.24) is 0 Å². The number of aliphatic hydroxyl groups excluding tert-OH is 1. The lowest BCUT2D eigenvalue weighted by Gasteiger charge is -2.57. The number of aliphatic hydroxyl groups is 2. The summed E-state index contributed by atoms with van der Waals surface area (Å²) in [5.41, 5.74) is -2.09. The van der Waals surface area contributed by atoms with Gasteiger partial charge in [-0.15, -0.1) is 0 Å². The molecule has 0 radical (unpaired) electrons. The van der Waals surface area contributed by atoms with E-state index in [4.69, 9.17) is 0 Å². The Bertz CT molecular complexity index is 779. The van der Waals surface area contributed by atoms with E-state index in [1.54, 1.807) is 0 Å². The van der Waals surface area contributed by atoms with Crippen molar-refractivity contribution >= 4 is 17.3 Å². The summed E-state index contributed by atoms with van der Waals surface area (Å²) in [6.07, 6.45) is 5.79. The van der Waals surface area contributed by atoms with E-state index in [0.29, 0.717) is 31.3 Å². The second-order valence-electron chi connectivity index (χ2n) is 9.07. The largest absolute Gasteiger partial charge is 0.382 e. The molecule has 1 unspecified atom stereocenters. The number of Topliss-reactive ketones (excluding diaryl/α,β-unsaturated/α-hetero) is 2. The van der Waals surface area contributed by atoms with Crippen molar-refractivity contribution in [1.29, 1.82) is 0 Å². The molecule has 4 rings (SSSR count). The molecule has 0 amide bonds. The highest BCUT2D eigenvalue weighted by molar-refractivity contribution is 6.03. The van der Waals surface area contributed by atoms with Crippen molar-refractivity contribution in [3.63, 3.8) is 0 Å². The van der Waals surface area contributed by atoms with Crippen LogP contribution in [-0.4, -0.2) is 39.3 Å². The molecule has 5 nitrogen and oxygen atoms in total. The van der Waals surface area contributed by atoms with Crippen LogP contribution in [0.3, 0.4) is 0 Å². The summed E-state index contributed by atoms with van der Waals surface area (Å²) in [5.74, 6) is -1.26. The fourth-order valence-corrected chi connectivity index (χ4v) is 6.56. The quantitative estimate of drug-likeness (QED) is 0.745. The Labute approximate surface area is 153 Å². The molecule has 2 N–H and O–H groups in total. The molecule has 5 heteroatoms. The number of rotatable bonds is 1. The van der Waals surface area contributed by atoms with Crippen LogP contribution in [0.5, 0.6) is 0 Å². The van der Waals surface area contributed by atoms with Crippen LogP contribution < -0.4 is 0 Å². The van der Waals surface area contributed by atoms with Crippen LogP contribution in [0.1, 0.15) is 46.5 Å². The molecule has 0 saturated heterocycles. The lowest BCUT2D eigenvalue weighted by molar-refractivity contribution is -0.166. The molecule has 0 heterocycles. The smallest absolute Gasteiger partial charge is 0.178 e. The average molecular weight is 358 g/mol. The zero-order valence-electron chi connectivity index (χ0n) is 15.5. The topological polar surface area (TPSA) is 91.7 Å². The molecule has 0 aliphatic heterocycles. The lowest BCUT2D eigenvalue weighted by Crippen LogP contribution is -2.61. The number of ketones is 3. The summed E-state index contributed by atoms with van der Waals surface area (Å²) in [6, 6.07) is 0. The van der Waals surface area contributed by atoms with Crippen molar-refractivity contribution < 1.29 is 24.6 Å². The van der Waals surface area contributed by atoms with Crippen molar-refractivity contribution in [3.8, 4) is 0 Å². The van der Waals surface area contributed by atoms with Crippen molar-refractivity contribution in [2.24, 2.45) is 28.6 Å². The van der Waals surface area contributed by atoms with Gasteiger partial charge >= 0.3 is 0 Å². The summed E-state index contributed by atoms with van der Waals surface area (Å²) >= 11 is 0. The first-order chi connectivity index (χ1) is 12.1. The van der Waals surface area contributed by atoms with E-state index >= 15 is 0 Å². The van der Waals surface area contributed by atoms with Crippen LogP contribution in [0.25, 0.3) is 0 Å². The van der Waals surface area contributed by atoms with Gasteiger partial charge in [0.05, 0.1) is 0 Å². The summed E-state index contributed by atoms with van der Waals surface area (Å²) in [7, 11) is 0. The van der Waals surface area contributed by atoms with E-state index in [1.165, 1.54) is 19.1 Å². The Morgan fingerprint density at radius 3 is 2.46 bits per heavy atom. The van der Waals surface area contributed by atoms with Crippen LogP contribution in [-0.2, 0) is 14.4 Å². The van der Waals surface area contributed by atoms with Crippen LogP contribution in [0.15, 0.2) is 23.8 Å². The molecule has 0 bridgehead atoms. The monoisotopic (exact) mass is 358 g/mol. The van der Waals surface area contributed by atoms with Gasteiger partial charge in [-0.25, -0.2) is 0 Å². The third kappa shape index (κ3) is 1.91. The number of carbonyl (C=O) groups is 3. The molecule has 0 aromatic rings. The average Bonchev–Trinajstić information content (AvgIpc) is 2.87. The molecule has 26 heavy (non-hydrogen) atoms. The SMILES string of the molecule is CC(=O)[C@@]1(O)CC[C@H]2[C@@H]3C(=O)C(O)C4=CC(=O)C=C[C@]4(C)[C@H]3CC[C@@]21C. The first-order valence-corrected chi connectivity index (χ1v) is 9.47. The predicted octanol–water partition coefficient (Wildman–Crippen LogP) is 1.76. The number of carbonyl (C=O) groups excluding carboxylic acids is 3. The maximum atomic E-state index is 13.1. The van der Waals surface area contributed by atoms with Gasteiger partial charge in [-0.3, -0.25) is 14.4 Å². The van der Waals surface area contributed by atoms with E-state index in [-0.39, 0.29) is 29.2 Å². The summed E-state index contributed by atoms with van der Waals surface area (Å²) < 4.78 is 0. The fraction of sp³-hybridized carbons (Fsp3) is 0.667. The van der Waals surface area contributed by atoms with Crippen molar-refractivity contribution in [2.45, 2.75) is 58.2 Å². The highest BCUT2D eigenvalue weighted by atomic mass is 16.3. The minimum absolute atomic E-state index is 0.0265. The second-order valence-corrected chi connectivity index (χ2v) is 9.07. The number of allylic oxidation sites excluding steroid dienone is 3. The number of hydrogen-bond acceptors (Lipinski definition) is 5. The van der Waals surface area contributed by atoms with Gasteiger partial charge in [0, 0.05) is 16.7 Å². The van der Waals surface area contributed by atoms with Gasteiger partial charge in [0.25, 0.3) is 0 Å². The molecule has 4 aliphatic carbocycles. The van der Waals surface area contributed by atoms with Crippen molar-refractivity contribution in [2.75, 3.05) is 0 Å². The highest BCUT2D eigenvalue weighted by Crippen LogP contribution is 2.66. The zero-order valence-corrected chi connectivity index (χ0v) is 15.5. The molecule has 140 valence electrons. The Morgan fingerprint density at radius 1 is 1.15 bits per heavy atom. The van der Waals surface area contributed by atoms with Gasteiger partial charge in [0.2, 0.25) is 0 Å². The highest BCUT2D eigenvalue weighted by Gasteiger charge is 2.68. The second kappa shape index (κ2) is 5.23. The zero-order chi connectivity index (χ0) is 19.1. The molecule has 0 aromatic carbocycles. The van der Waals surface area contributed by atoms with Gasteiger partial charge in [-0.05, 0) is 62.2 Å². The summed E-state index contributed by atoms with van der Waals surface area (Å²) in [6.45, 7) is 5.34. The summed E-state index contributed by atoms with van der Waals surface area (Å²) in [5, 5.41) is 21.8.